The molecule has 1 atom stereocenters. The van der Waals surface area contributed by atoms with E-state index in [4.69, 9.17) is 0 Å². The third-order valence-electron chi connectivity index (χ3n) is 4.41. The minimum atomic E-state index is -0.983. The van der Waals surface area contributed by atoms with Gasteiger partial charge < -0.3 is 10.6 Å². The van der Waals surface area contributed by atoms with E-state index in [0.717, 1.165) is 0 Å². The molecule has 22 heavy (non-hydrogen) atoms. The number of hydrogen-bond donors (Lipinski definition) is 2. The summed E-state index contributed by atoms with van der Waals surface area (Å²) in [6, 6.07) is 6.13. The van der Waals surface area contributed by atoms with Crippen molar-refractivity contribution in [2.75, 3.05) is 0 Å². The van der Waals surface area contributed by atoms with E-state index in [1.54, 1.807) is 32.0 Å². The lowest BCUT2D eigenvalue weighted by Gasteiger charge is -2.41. The van der Waals surface area contributed by atoms with Crippen molar-refractivity contribution >= 4 is 11.8 Å². The van der Waals surface area contributed by atoms with Crippen LogP contribution in [0.3, 0.4) is 0 Å². The Morgan fingerprint density at radius 1 is 1.36 bits per heavy atom. The molecule has 1 aliphatic rings. The Morgan fingerprint density at radius 2 is 2.00 bits per heavy atom. The highest BCUT2D eigenvalue weighted by atomic mass is 19.1. The van der Waals surface area contributed by atoms with E-state index in [9.17, 15) is 14.0 Å². The van der Waals surface area contributed by atoms with Crippen LogP contribution in [0.25, 0.3) is 0 Å². The van der Waals surface area contributed by atoms with Crippen LogP contribution in [0.1, 0.15) is 46.1 Å². The highest BCUT2D eigenvalue weighted by Crippen LogP contribution is 2.27. The fraction of sp³-hybridized carbons (Fsp3) is 0.529. The number of halogens is 1. The molecule has 2 rings (SSSR count). The number of carbonyl (C=O) groups excluding carboxylic acids is 2. The van der Waals surface area contributed by atoms with Gasteiger partial charge in [0.15, 0.2) is 0 Å². The van der Waals surface area contributed by atoms with E-state index in [0.29, 0.717) is 18.4 Å². The molecule has 0 radical (unpaired) electrons. The summed E-state index contributed by atoms with van der Waals surface area (Å²) in [5.74, 6) is -0.644. The van der Waals surface area contributed by atoms with E-state index in [2.05, 4.69) is 10.6 Å². The molecule has 2 N–H and O–H groups in total. The largest absolute Gasteiger partial charge is 0.350 e. The molecule has 1 saturated heterocycles. The van der Waals surface area contributed by atoms with E-state index >= 15 is 0 Å². The highest BCUT2D eigenvalue weighted by Gasteiger charge is 2.40. The molecule has 1 aromatic rings. The van der Waals surface area contributed by atoms with E-state index in [1.807, 2.05) is 13.8 Å². The zero-order chi connectivity index (χ0) is 16.5. The standard InChI is InChI=1S/C17H23FN2O2/c1-16(2,11-7-5-6-8-12(11)18)15(22)19-13-9-10-14(21)20-17(13,3)4/h5-8,13H,9-10H2,1-4H3,(H,19,22)(H,20,21). The van der Waals surface area contributed by atoms with Crippen LogP contribution in [0, 0.1) is 5.82 Å². The van der Waals surface area contributed by atoms with Crippen molar-refractivity contribution in [2.45, 2.75) is 57.5 Å². The monoisotopic (exact) mass is 306 g/mol. The lowest BCUT2D eigenvalue weighted by molar-refractivity contribution is -0.131. The fourth-order valence-electron chi connectivity index (χ4n) is 2.83. The molecule has 1 aliphatic heterocycles. The Morgan fingerprint density at radius 3 is 2.59 bits per heavy atom. The van der Waals surface area contributed by atoms with Crippen LogP contribution < -0.4 is 10.6 Å². The molecule has 0 aromatic heterocycles. The lowest BCUT2D eigenvalue weighted by Crippen LogP contribution is -2.63. The molecule has 5 heteroatoms. The number of hydrogen-bond acceptors (Lipinski definition) is 2. The molecule has 0 bridgehead atoms. The summed E-state index contributed by atoms with van der Waals surface area (Å²) in [7, 11) is 0. The second kappa shape index (κ2) is 5.71. The van der Waals surface area contributed by atoms with Crippen LogP contribution in [0.15, 0.2) is 24.3 Å². The molecule has 120 valence electrons. The van der Waals surface area contributed by atoms with E-state index in [1.165, 1.54) is 6.07 Å². The third kappa shape index (κ3) is 3.13. The van der Waals surface area contributed by atoms with Crippen molar-refractivity contribution in [3.63, 3.8) is 0 Å². The molecule has 0 spiro atoms. The minimum Gasteiger partial charge on any atom is -0.350 e. The maximum atomic E-state index is 14.0. The number of piperidine rings is 1. The lowest BCUT2D eigenvalue weighted by atomic mass is 9.81. The number of nitrogens with one attached hydrogen (secondary N) is 2. The summed E-state index contributed by atoms with van der Waals surface area (Å²) in [4.78, 5) is 24.2. The van der Waals surface area contributed by atoms with Gasteiger partial charge in [-0.3, -0.25) is 9.59 Å². The Bertz CT molecular complexity index is 596. The van der Waals surface area contributed by atoms with Gasteiger partial charge in [-0.2, -0.15) is 0 Å². The molecular weight excluding hydrogens is 283 g/mol. The predicted molar refractivity (Wildman–Crippen MR) is 82.8 cm³/mol. The molecule has 1 fully saturated rings. The summed E-state index contributed by atoms with van der Waals surface area (Å²) < 4.78 is 14.0. The second-order valence-corrected chi connectivity index (χ2v) is 6.94. The van der Waals surface area contributed by atoms with Gasteiger partial charge in [0.1, 0.15) is 5.82 Å². The zero-order valence-electron chi connectivity index (χ0n) is 13.5. The molecule has 1 aromatic carbocycles. The van der Waals surface area contributed by atoms with Gasteiger partial charge in [0.2, 0.25) is 11.8 Å². The number of amides is 2. The van der Waals surface area contributed by atoms with Gasteiger partial charge in [-0.05, 0) is 40.2 Å². The molecule has 0 saturated carbocycles. The van der Waals surface area contributed by atoms with Crippen molar-refractivity contribution in [3.05, 3.63) is 35.6 Å². The average molecular weight is 306 g/mol. The summed E-state index contributed by atoms with van der Waals surface area (Å²) in [6.07, 6.45) is 0.965. The molecule has 2 amide bonds. The van der Waals surface area contributed by atoms with Gasteiger partial charge in [0, 0.05) is 12.0 Å². The second-order valence-electron chi connectivity index (χ2n) is 6.94. The van der Waals surface area contributed by atoms with Crippen LogP contribution >= 0.6 is 0 Å². The van der Waals surface area contributed by atoms with Crippen LogP contribution in [-0.4, -0.2) is 23.4 Å². The third-order valence-corrected chi connectivity index (χ3v) is 4.41. The molecule has 0 aliphatic carbocycles. The SMILES string of the molecule is CC(C)(C(=O)NC1CCC(=O)NC1(C)C)c1ccccc1F. The number of benzene rings is 1. The number of rotatable bonds is 3. The number of carbonyl (C=O) groups is 2. The predicted octanol–water partition coefficient (Wildman–Crippen LogP) is 2.28. The molecular formula is C17H23FN2O2. The Balaban J connectivity index is 2.18. The summed E-state index contributed by atoms with van der Waals surface area (Å²) in [5.41, 5.74) is -1.13. The zero-order valence-corrected chi connectivity index (χ0v) is 13.5. The minimum absolute atomic E-state index is 0.0103. The van der Waals surface area contributed by atoms with E-state index < -0.39 is 11.0 Å². The van der Waals surface area contributed by atoms with Crippen molar-refractivity contribution in [2.24, 2.45) is 0 Å². The quantitative estimate of drug-likeness (QED) is 0.900. The fourth-order valence-corrected chi connectivity index (χ4v) is 2.83. The summed E-state index contributed by atoms with van der Waals surface area (Å²) in [6.45, 7) is 7.17. The van der Waals surface area contributed by atoms with Crippen LogP contribution in [0.2, 0.25) is 0 Å². The topological polar surface area (TPSA) is 58.2 Å². The molecule has 1 heterocycles. The van der Waals surface area contributed by atoms with Gasteiger partial charge in [0.05, 0.1) is 17.0 Å². The first-order valence-electron chi connectivity index (χ1n) is 7.51. The summed E-state index contributed by atoms with van der Waals surface area (Å²) in [5, 5.41) is 5.86. The van der Waals surface area contributed by atoms with Crippen molar-refractivity contribution in [1.82, 2.24) is 10.6 Å². The first-order chi connectivity index (χ1) is 10.1. The van der Waals surface area contributed by atoms with Crippen LogP contribution in [0.5, 0.6) is 0 Å². The Kier molecular flexibility index (Phi) is 4.27. The van der Waals surface area contributed by atoms with Gasteiger partial charge in [0.25, 0.3) is 0 Å². The van der Waals surface area contributed by atoms with Crippen molar-refractivity contribution < 1.29 is 14.0 Å². The molecule has 4 nitrogen and oxygen atoms in total. The van der Waals surface area contributed by atoms with Gasteiger partial charge >= 0.3 is 0 Å². The van der Waals surface area contributed by atoms with Gasteiger partial charge in [-0.25, -0.2) is 4.39 Å². The smallest absolute Gasteiger partial charge is 0.230 e. The van der Waals surface area contributed by atoms with Crippen LogP contribution in [0.4, 0.5) is 4.39 Å². The average Bonchev–Trinajstić information content (AvgIpc) is 2.41. The van der Waals surface area contributed by atoms with Crippen LogP contribution in [-0.2, 0) is 15.0 Å². The summed E-state index contributed by atoms with van der Waals surface area (Å²) >= 11 is 0. The highest BCUT2D eigenvalue weighted by molar-refractivity contribution is 5.88. The van der Waals surface area contributed by atoms with Gasteiger partial charge in [-0.15, -0.1) is 0 Å². The first kappa shape index (κ1) is 16.5. The van der Waals surface area contributed by atoms with Crippen molar-refractivity contribution in [1.29, 1.82) is 0 Å². The Hall–Kier alpha value is -1.91. The van der Waals surface area contributed by atoms with E-state index in [-0.39, 0.29) is 23.7 Å². The maximum Gasteiger partial charge on any atom is 0.230 e. The van der Waals surface area contributed by atoms with Crippen molar-refractivity contribution in [3.8, 4) is 0 Å². The van der Waals surface area contributed by atoms with Gasteiger partial charge in [-0.1, -0.05) is 18.2 Å². The maximum absolute atomic E-state index is 14.0. The normalized spacial score (nSPS) is 21.1. The molecule has 1 unspecified atom stereocenters. The Labute approximate surface area is 130 Å². The first-order valence-corrected chi connectivity index (χ1v) is 7.51.